The van der Waals surface area contributed by atoms with Crippen LogP contribution in [0.2, 0.25) is 0 Å². The smallest absolute Gasteiger partial charge is 0.0398 e. The first-order chi connectivity index (χ1) is 7.92. The Labute approximate surface area is 97.2 Å². The van der Waals surface area contributed by atoms with Crippen LogP contribution in [-0.4, -0.2) is 36.1 Å². The zero-order chi connectivity index (χ0) is 11.2. The van der Waals surface area contributed by atoms with Gasteiger partial charge in [0.15, 0.2) is 0 Å². The minimum absolute atomic E-state index is 0.438. The molecule has 0 aromatic carbocycles. The first kappa shape index (κ1) is 11.3. The number of nitrogens with one attached hydrogen (secondary N) is 1. The molecule has 1 aliphatic heterocycles. The SMILES string of the molecule is C=CC[C@H](c1cccnc1)N1CCNCC1. The second kappa shape index (κ2) is 5.77. The topological polar surface area (TPSA) is 28.2 Å². The van der Waals surface area contributed by atoms with E-state index in [0.29, 0.717) is 6.04 Å². The van der Waals surface area contributed by atoms with Gasteiger partial charge in [0.1, 0.15) is 0 Å². The van der Waals surface area contributed by atoms with Gasteiger partial charge < -0.3 is 5.32 Å². The molecule has 0 radical (unpaired) electrons. The molecule has 0 saturated carbocycles. The van der Waals surface area contributed by atoms with E-state index < -0.39 is 0 Å². The Balaban J connectivity index is 2.12. The fraction of sp³-hybridized carbons (Fsp3) is 0.462. The van der Waals surface area contributed by atoms with Crippen molar-refractivity contribution in [3.63, 3.8) is 0 Å². The Hall–Kier alpha value is -1.19. The second-order valence-corrected chi connectivity index (χ2v) is 4.11. The predicted octanol–water partition coefficient (Wildman–Crippen LogP) is 1.60. The lowest BCUT2D eigenvalue weighted by Gasteiger charge is -2.34. The molecule has 0 unspecified atom stereocenters. The number of pyridine rings is 1. The third-order valence-electron chi connectivity index (χ3n) is 3.05. The molecule has 16 heavy (non-hydrogen) atoms. The highest BCUT2D eigenvalue weighted by molar-refractivity contribution is 5.15. The van der Waals surface area contributed by atoms with Crippen LogP contribution in [0, 0.1) is 0 Å². The summed E-state index contributed by atoms with van der Waals surface area (Å²) < 4.78 is 0. The molecule has 0 amide bonds. The molecule has 1 aliphatic rings. The summed E-state index contributed by atoms with van der Waals surface area (Å²) in [7, 11) is 0. The first-order valence-corrected chi connectivity index (χ1v) is 5.87. The lowest BCUT2D eigenvalue weighted by atomic mass is 10.0. The molecule has 1 aromatic heterocycles. The zero-order valence-electron chi connectivity index (χ0n) is 9.60. The maximum absolute atomic E-state index is 4.21. The molecule has 3 nitrogen and oxygen atoms in total. The van der Waals surface area contributed by atoms with Gasteiger partial charge in [0, 0.05) is 44.6 Å². The predicted molar refractivity (Wildman–Crippen MR) is 66.2 cm³/mol. The van der Waals surface area contributed by atoms with E-state index in [2.05, 4.69) is 27.8 Å². The van der Waals surface area contributed by atoms with Crippen molar-refractivity contribution in [1.82, 2.24) is 15.2 Å². The summed E-state index contributed by atoms with van der Waals surface area (Å²) in [4.78, 5) is 6.72. The standard InChI is InChI=1S/C13H19N3/c1-2-4-13(12-5-3-6-15-11-12)16-9-7-14-8-10-16/h2-3,5-6,11,13-14H,1,4,7-10H2/t13-/m1/s1. The minimum Gasteiger partial charge on any atom is -0.314 e. The maximum Gasteiger partial charge on any atom is 0.0398 e. The summed E-state index contributed by atoms with van der Waals surface area (Å²) in [6.07, 6.45) is 6.79. The van der Waals surface area contributed by atoms with Crippen molar-refractivity contribution in [2.75, 3.05) is 26.2 Å². The lowest BCUT2D eigenvalue weighted by Crippen LogP contribution is -2.45. The van der Waals surface area contributed by atoms with Crippen molar-refractivity contribution in [3.05, 3.63) is 42.7 Å². The van der Waals surface area contributed by atoms with Crippen LogP contribution >= 0.6 is 0 Å². The fourth-order valence-electron chi connectivity index (χ4n) is 2.22. The number of piperazine rings is 1. The van der Waals surface area contributed by atoms with Gasteiger partial charge in [-0.15, -0.1) is 6.58 Å². The highest BCUT2D eigenvalue weighted by Gasteiger charge is 2.20. The number of aromatic nitrogens is 1. The molecule has 0 bridgehead atoms. The molecule has 0 aliphatic carbocycles. The molecule has 86 valence electrons. The van der Waals surface area contributed by atoms with Crippen LogP contribution in [0.5, 0.6) is 0 Å². The number of rotatable bonds is 4. The summed E-state index contributed by atoms with van der Waals surface area (Å²) in [5, 5.41) is 3.38. The van der Waals surface area contributed by atoms with E-state index in [1.165, 1.54) is 5.56 Å². The highest BCUT2D eigenvalue weighted by atomic mass is 15.2. The second-order valence-electron chi connectivity index (χ2n) is 4.11. The van der Waals surface area contributed by atoms with Crippen molar-refractivity contribution in [2.24, 2.45) is 0 Å². The summed E-state index contributed by atoms with van der Waals surface area (Å²) >= 11 is 0. The molecule has 1 aromatic rings. The van der Waals surface area contributed by atoms with E-state index in [1.54, 1.807) is 0 Å². The van der Waals surface area contributed by atoms with Gasteiger partial charge in [-0.1, -0.05) is 12.1 Å². The normalized spacial score (nSPS) is 19.2. The highest BCUT2D eigenvalue weighted by Crippen LogP contribution is 2.23. The van der Waals surface area contributed by atoms with Crippen molar-refractivity contribution in [1.29, 1.82) is 0 Å². The van der Waals surface area contributed by atoms with Gasteiger partial charge in [-0.25, -0.2) is 0 Å². The summed E-state index contributed by atoms with van der Waals surface area (Å²) in [5.41, 5.74) is 1.30. The molecule has 2 rings (SSSR count). The van der Waals surface area contributed by atoms with Gasteiger partial charge in [-0.05, 0) is 18.1 Å². The van der Waals surface area contributed by atoms with Crippen molar-refractivity contribution in [3.8, 4) is 0 Å². The fourth-order valence-corrected chi connectivity index (χ4v) is 2.22. The van der Waals surface area contributed by atoms with Gasteiger partial charge in [-0.2, -0.15) is 0 Å². The Morgan fingerprint density at radius 2 is 2.31 bits per heavy atom. The van der Waals surface area contributed by atoms with Crippen LogP contribution < -0.4 is 5.32 Å². The van der Waals surface area contributed by atoms with E-state index >= 15 is 0 Å². The molecular weight excluding hydrogens is 198 g/mol. The van der Waals surface area contributed by atoms with Crippen LogP contribution in [0.15, 0.2) is 37.2 Å². The Bertz CT molecular complexity index is 317. The molecule has 1 atom stereocenters. The van der Waals surface area contributed by atoms with Crippen LogP contribution in [0.1, 0.15) is 18.0 Å². The van der Waals surface area contributed by atoms with Gasteiger partial charge in [0.2, 0.25) is 0 Å². The van der Waals surface area contributed by atoms with E-state index in [1.807, 2.05) is 24.5 Å². The van der Waals surface area contributed by atoms with E-state index in [9.17, 15) is 0 Å². The van der Waals surface area contributed by atoms with E-state index in [0.717, 1.165) is 32.6 Å². The van der Waals surface area contributed by atoms with Crippen LogP contribution in [0.25, 0.3) is 0 Å². The number of hydrogen-bond acceptors (Lipinski definition) is 3. The van der Waals surface area contributed by atoms with E-state index in [4.69, 9.17) is 0 Å². The maximum atomic E-state index is 4.21. The van der Waals surface area contributed by atoms with Crippen molar-refractivity contribution >= 4 is 0 Å². The molecule has 1 saturated heterocycles. The summed E-state index contributed by atoms with van der Waals surface area (Å²) in [6, 6.07) is 4.60. The monoisotopic (exact) mass is 217 g/mol. The molecular formula is C13H19N3. The van der Waals surface area contributed by atoms with Crippen LogP contribution in [0.4, 0.5) is 0 Å². The van der Waals surface area contributed by atoms with Crippen molar-refractivity contribution in [2.45, 2.75) is 12.5 Å². The number of nitrogens with zero attached hydrogens (tertiary/aromatic N) is 2. The zero-order valence-corrected chi connectivity index (χ0v) is 9.60. The molecule has 1 N–H and O–H groups in total. The molecule has 1 fully saturated rings. The Kier molecular flexibility index (Phi) is 4.08. The van der Waals surface area contributed by atoms with Gasteiger partial charge in [0.05, 0.1) is 0 Å². The number of hydrogen-bond donors (Lipinski definition) is 1. The molecule has 0 spiro atoms. The van der Waals surface area contributed by atoms with Gasteiger partial charge in [-0.3, -0.25) is 9.88 Å². The summed E-state index contributed by atoms with van der Waals surface area (Å²) in [5.74, 6) is 0. The van der Waals surface area contributed by atoms with Gasteiger partial charge in [0.25, 0.3) is 0 Å². The van der Waals surface area contributed by atoms with Crippen molar-refractivity contribution < 1.29 is 0 Å². The Morgan fingerprint density at radius 1 is 1.50 bits per heavy atom. The third-order valence-corrected chi connectivity index (χ3v) is 3.05. The van der Waals surface area contributed by atoms with Crippen LogP contribution in [0.3, 0.4) is 0 Å². The average Bonchev–Trinajstić information content (AvgIpc) is 2.38. The Morgan fingerprint density at radius 3 is 2.94 bits per heavy atom. The summed E-state index contributed by atoms with van der Waals surface area (Å²) in [6.45, 7) is 8.22. The minimum atomic E-state index is 0.438. The quantitative estimate of drug-likeness (QED) is 0.777. The van der Waals surface area contributed by atoms with E-state index in [-0.39, 0.29) is 0 Å². The molecule has 3 heteroatoms. The average molecular weight is 217 g/mol. The van der Waals surface area contributed by atoms with Gasteiger partial charge >= 0.3 is 0 Å². The molecule has 2 heterocycles. The third kappa shape index (κ3) is 2.68. The first-order valence-electron chi connectivity index (χ1n) is 5.87. The largest absolute Gasteiger partial charge is 0.314 e. The lowest BCUT2D eigenvalue weighted by molar-refractivity contribution is 0.174. The van der Waals surface area contributed by atoms with Crippen LogP contribution in [-0.2, 0) is 0 Å².